The highest BCUT2D eigenvalue weighted by atomic mass is 16.2. The van der Waals surface area contributed by atoms with Crippen molar-refractivity contribution in [2.75, 3.05) is 26.7 Å². The summed E-state index contributed by atoms with van der Waals surface area (Å²) in [7, 11) is 1.77. The lowest BCUT2D eigenvalue weighted by atomic mass is 10.2. The van der Waals surface area contributed by atoms with Crippen LogP contribution in [0.5, 0.6) is 0 Å². The molecule has 1 N–H and O–H groups in total. The topological polar surface area (TPSA) is 52.7 Å². The van der Waals surface area contributed by atoms with Gasteiger partial charge in [0.15, 0.2) is 0 Å². The van der Waals surface area contributed by atoms with Crippen LogP contribution in [-0.2, 0) is 9.59 Å². The van der Waals surface area contributed by atoms with Crippen molar-refractivity contribution in [3.05, 3.63) is 0 Å². The van der Waals surface area contributed by atoms with Gasteiger partial charge < -0.3 is 15.1 Å². The summed E-state index contributed by atoms with van der Waals surface area (Å²) in [5, 5.41) is 3.15. The molecule has 2 amide bonds. The molecule has 98 valence electrons. The Labute approximate surface area is 103 Å². The van der Waals surface area contributed by atoms with Crippen LogP contribution in [0.4, 0.5) is 0 Å². The van der Waals surface area contributed by atoms with Crippen LogP contribution in [0.15, 0.2) is 0 Å². The number of carbonyl (C=O) groups excluding carboxylic acids is 2. The van der Waals surface area contributed by atoms with Crippen molar-refractivity contribution >= 4 is 11.8 Å². The normalized spacial score (nSPS) is 21.8. The highest BCUT2D eigenvalue weighted by molar-refractivity contribution is 5.90. The molecule has 5 nitrogen and oxygen atoms in total. The molecule has 1 aliphatic rings. The Morgan fingerprint density at radius 2 is 2.24 bits per heavy atom. The molecule has 1 fully saturated rings. The molecule has 0 aromatic rings. The van der Waals surface area contributed by atoms with E-state index in [0.29, 0.717) is 13.1 Å². The van der Waals surface area contributed by atoms with Crippen molar-refractivity contribution in [3.63, 3.8) is 0 Å². The van der Waals surface area contributed by atoms with Crippen LogP contribution in [0, 0.1) is 0 Å². The number of hydrogen-bond donors (Lipinski definition) is 1. The summed E-state index contributed by atoms with van der Waals surface area (Å²) in [5.74, 6) is 0.0650. The second kappa shape index (κ2) is 6.00. The molecule has 0 saturated carbocycles. The molecule has 2 atom stereocenters. The Morgan fingerprint density at radius 1 is 1.59 bits per heavy atom. The average molecular weight is 241 g/mol. The van der Waals surface area contributed by atoms with E-state index in [1.807, 2.05) is 13.8 Å². The van der Waals surface area contributed by atoms with Gasteiger partial charge in [0.05, 0.1) is 6.04 Å². The van der Waals surface area contributed by atoms with Gasteiger partial charge in [-0.1, -0.05) is 6.92 Å². The minimum atomic E-state index is -0.351. The van der Waals surface area contributed by atoms with Gasteiger partial charge >= 0.3 is 0 Å². The van der Waals surface area contributed by atoms with Crippen molar-refractivity contribution < 1.29 is 9.59 Å². The molecular formula is C12H23N3O2. The summed E-state index contributed by atoms with van der Waals surface area (Å²) in [4.78, 5) is 27.4. The fourth-order valence-electron chi connectivity index (χ4n) is 2.13. The summed E-state index contributed by atoms with van der Waals surface area (Å²) in [5.41, 5.74) is 0. The highest BCUT2D eigenvalue weighted by Gasteiger charge is 2.36. The molecule has 0 aliphatic carbocycles. The molecule has 1 aliphatic heterocycles. The van der Waals surface area contributed by atoms with Crippen molar-refractivity contribution in [3.8, 4) is 0 Å². The fraction of sp³-hybridized carbons (Fsp3) is 0.833. The van der Waals surface area contributed by atoms with E-state index < -0.39 is 0 Å². The van der Waals surface area contributed by atoms with Gasteiger partial charge in [0.2, 0.25) is 11.8 Å². The number of likely N-dealkylation sites (N-methyl/N-ethyl adjacent to an activating group) is 2. The maximum Gasteiger partial charge on any atom is 0.244 e. The monoisotopic (exact) mass is 241 g/mol. The van der Waals surface area contributed by atoms with Gasteiger partial charge in [0.25, 0.3) is 0 Å². The summed E-state index contributed by atoms with van der Waals surface area (Å²) in [6.45, 7) is 7.83. The number of nitrogens with zero attached hydrogens (tertiary/aromatic N) is 2. The van der Waals surface area contributed by atoms with Gasteiger partial charge in [-0.2, -0.15) is 0 Å². The van der Waals surface area contributed by atoms with E-state index in [9.17, 15) is 9.59 Å². The van der Waals surface area contributed by atoms with Gasteiger partial charge in [0, 0.05) is 20.1 Å². The van der Waals surface area contributed by atoms with Crippen molar-refractivity contribution in [1.29, 1.82) is 0 Å². The maximum absolute atomic E-state index is 12.0. The quantitative estimate of drug-likeness (QED) is 0.741. The number of carbonyl (C=O) groups is 2. The highest BCUT2D eigenvalue weighted by Crippen LogP contribution is 2.15. The van der Waals surface area contributed by atoms with Crippen LogP contribution in [0.1, 0.15) is 27.2 Å². The Morgan fingerprint density at radius 3 is 2.76 bits per heavy atom. The van der Waals surface area contributed by atoms with E-state index in [1.165, 1.54) is 0 Å². The molecule has 1 saturated heterocycles. The first-order valence-electron chi connectivity index (χ1n) is 6.31. The first kappa shape index (κ1) is 14.0. The summed E-state index contributed by atoms with van der Waals surface area (Å²) in [6, 6.07) is -0.460. The van der Waals surface area contributed by atoms with Gasteiger partial charge in [-0.15, -0.1) is 0 Å². The van der Waals surface area contributed by atoms with E-state index in [4.69, 9.17) is 0 Å². The molecule has 17 heavy (non-hydrogen) atoms. The largest absolute Gasteiger partial charge is 0.344 e. The molecule has 0 radical (unpaired) electrons. The van der Waals surface area contributed by atoms with Crippen LogP contribution in [-0.4, -0.2) is 60.4 Å². The Balaban J connectivity index is 2.62. The third-order valence-corrected chi connectivity index (χ3v) is 3.37. The standard InChI is InChI=1S/C12H23N3O2/c1-5-13-10-7-8-15(12(10)17)9(3)11(16)14(4)6-2/h9-10,13H,5-8H2,1-4H3. The Hall–Kier alpha value is -1.10. The number of rotatable bonds is 5. The molecular weight excluding hydrogens is 218 g/mol. The Kier molecular flexibility index (Phi) is 4.93. The van der Waals surface area contributed by atoms with E-state index in [2.05, 4.69) is 5.32 Å². The third kappa shape index (κ3) is 2.97. The minimum absolute atomic E-state index is 0.0120. The zero-order valence-corrected chi connectivity index (χ0v) is 11.2. The minimum Gasteiger partial charge on any atom is -0.344 e. The van der Waals surface area contributed by atoms with Crippen LogP contribution >= 0.6 is 0 Å². The van der Waals surface area contributed by atoms with E-state index in [-0.39, 0.29) is 23.9 Å². The number of likely N-dealkylation sites (tertiary alicyclic amines) is 1. The SMILES string of the molecule is CCNC1CCN(C(C)C(=O)N(C)CC)C1=O. The van der Waals surface area contributed by atoms with Gasteiger partial charge in [-0.3, -0.25) is 9.59 Å². The maximum atomic E-state index is 12.0. The lowest BCUT2D eigenvalue weighted by Crippen LogP contribution is -2.48. The first-order valence-corrected chi connectivity index (χ1v) is 6.31. The number of amides is 2. The molecule has 1 heterocycles. The molecule has 0 aromatic carbocycles. The number of nitrogens with one attached hydrogen (secondary N) is 1. The Bertz CT molecular complexity index is 293. The van der Waals surface area contributed by atoms with E-state index in [1.54, 1.807) is 23.8 Å². The second-order valence-electron chi connectivity index (χ2n) is 4.46. The van der Waals surface area contributed by atoms with Crippen LogP contribution in [0.3, 0.4) is 0 Å². The van der Waals surface area contributed by atoms with Crippen LogP contribution in [0.25, 0.3) is 0 Å². The van der Waals surface area contributed by atoms with Crippen molar-refractivity contribution in [1.82, 2.24) is 15.1 Å². The molecule has 0 spiro atoms. The van der Waals surface area contributed by atoms with Gasteiger partial charge in [-0.25, -0.2) is 0 Å². The van der Waals surface area contributed by atoms with Gasteiger partial charge in [-0.05, 0) is 26.8 Å². The fourth-order valence-corrected chi connectivity index (χ4v) is 2.13. The first-order chi connectivity index (χ1) is 8.02. The smallest absolute Gasteiger partial charge is 0.244 e. The summed E-state index contributed by atoms with van der Waals surface area (Å²) < 4.78 is 0. The summed E-state index contributed by atoms with van der Waals surface area (Å²) >= 11 is 0. The van der Waals surface area contributed by atoms with Crippen molar-refractivity contribution in [2.45, 2.75) is 39.3 Å². The van der Waals surface area contributed by atoms with E-state index in [0.717, 1.165) is 13.0 Å². The molecule has 2 unspecified atom stereocenters. The second-order valence-corrected chi connectivity index (χ2v) is 4.46. The zero-order valence-electron chi connectivity index (χ0n) is 11.2. The molecule has 1 rings (SSSR count). The number of hydrogen-bond acceptors (Lipinski definition) is 3. The molecule has 5 heteroatoms. The predicted octanol–water partition coefficient (Wildman–Crippen LogP) is 0.0636. The predicted molar refractivity (Wildman–Crippen MR) is 66.6 cm³/mol. The lowest BCUT2D eigenvalue weighted by molar-refractivity contribution is -0.142. The van der Waals surface area contributed by atoms with E-state index >= 15 is 0 Å². The lowest BCUT2D eigenvalue weighted by Gasteiger charge is -2.27. The van der Waals surface area contributed by atoms with Crippen LogP contribution in [0.2, 0.25) is 0 Å². The molecule has 0 aromatic heterocycles. The van der Waals surface area contributed by atoms with Crippen molar-refractivity contribution in [2.24, 2.45) is 0 Å². The average Bonchev–Trinajstić information content (AvgIpc) is 2.69. The third-order valence-electron chi connectivity index (χ3n) is 3.37. The van der Waals surface area contributed by atoms with Crippen LogP contribution < -0.4 is 5.32 Å². The summed E-state index contributed by atoms with van der Waals surface area (Å²) in [6.07, 6.45) is 0.792. The molecule has 0 bridgehead atoms. The van der Waals surface area contributed by atoms with Gasteiger partial charge in [0.1, 0.15) is 6.04 Å². The zero-order chi connectivity index (χ0) is 13.0.